The fourth-order valence-corrected chi connectivity index (χ4v) is 3.92. The van der Waals surface area contributed by atoms with E-state index in [1.807, 2.05) is 19.1 Å². The number of aryl methyl sites for hydroxylation is 1. The molecule has 2 aromatic heterocycles. The average molecular weight is 361 g/mol. The molecular formula is C16H19N5OS2. The Hall–Kier alpha value is -1.93. The standard InChI is InChI=1S/C16H19N5OS2/c1-4-10(3)17-15-20-21-16(24-15)23-8-12-18-13-9(2)6-5-7-11(13)14(22)19-12/h5-7,10H,4,8H2,1-3H3,(H,17,20)(H,18,19,22)/t10-/m0/s1. The monoisotopic (exact) mass is 361 g/mol. The van der Waals surface area contributed by atoms with Crippen LogP contribution in [0.25, 0.3) is 10.9 Å². The summed E-state index contributed by atoms with van der Waals surface area (Å²) in [5, 5.41) is 13.1. The first-order chi connectivity index (χ1) is 11.6. The van der Waals surface area contributed by atoms with E-state index in [-0.39, 0.29) is 5.56 Å². The number of aromatic amines is 1. The highest BCUT2D eigenvalue weighted by molar-refractivity contribution is 8.00. The molecule has 1 atom stereocenters. The Balaban J connectivity index is 1.74. The van der Waals surface area contributed by atoms with Crippen LogP contribution in [0.2, 0.25) is 0 Å². The van der Waals surface area contributed by atoms with Crippen LogP contribution in [0.15, 0.2) is 27.3 Å². The van der Waals surface area contributed by atoms with Crippen LogP contribution in [0.4, 0.5) is 5.13 Å². The molecule has 2 N–H and O–H groups in total. The molecule has 6 nitrogen and oxygen atoms in total. The van der Waals surface area contributed by atoms with Crippen molar-refractivity contribution in [3.63, 3.8) is 0 Å². The Kier molecular flexibility index (Phi) is 5.15. The van der Waals surface area contributed by atoms with Gasteiger partial charge in [-0.3, -0.25) is 4.79 Å². The summed E-state index contributed by atoms with van der Waals surface area (Å²) in [5.74, 6) is 1.20. The molecular weight excluding hydrogens is 342 g/mol. The highest BCUT2D eigenvalue weighted by Gasteiger charge is 2.10. The SMILES string of the molecule is CC[C@H](C)Nc1nnc(SCc2nc3c(C)cccc3c(=O)[nH]2)s1. The lowest BCUT2D eigenvalue weighted by Crippen LogP contribution is -2.12. The van der Waals surface area contributed by atoms with Crippen molar-refractivity contribution < 1.29 is 0 Å². The normalized spacial score (nSPS) is 12.5. The van der Waals surface area contributed by atoms with Gasteiger partial charge in [-0.1, -0.05) is 42.2 Å². The summed E-state index contributed by atoms with van der Waals surface area (Å²) in [6.45, 7) is 6.20. The van der Waals surface area contributed by atoms with Gasteiger partial charge in [0, 0.05) is 6.04 Å². The van der Waals surface area contributed by atoms with Gasteiger partial charge in [-0.05, 0) is 31.9 Å². The first-order valence-corrected chi connectivity index (χ1v) is 9.58. The van der Waals surface area contributed by atoms with E-state index in [4.69, 9.17) is 0 Å². The summed E-state index contributed by atoms with van der Waals surface area (Å²) < 4.78 is 0.855. The van der Waals surface area contributed by atoms with E-state index in [0.29, 0.717) is 23.0 Å². The van der Waals surface area contributed by atoms with Crippen molar-refractivity contribution in [3.8, 4) is 0 Å². The van der Waals surface area contributed by atoms with Crippen LogP contribution >= 0.6 is 23.1 Å². The molecule has 0 saturated heterocycles. The number of hydrogen-bond donors (Lipinski definition) is 2. The van der Waals surface area contributed by atoms with Crippen molar-refractivity contribution in [3.05, 3.63) is 39.9 Å². The quantitative estimate of drug-likeness (QED) is 0.653. The number of nitrogens with one attached hydrogen (secondary N) is 2. The van der Waals surface area contributed by atoms with Gasteiger partial charge in [0.1, 0.15) is 5.82 Å². The van der Waals surface area contributed by atoms with Gasteiger partial charge >= 0.3 is 0 Å². The van der Waals surface area contributed by atoms with Crippen LogP contribution in [0.5, 0.6) is 0 Å². The minimum atomic E-state index is -0.101. The van der Waals surface area contributed by atoms with Crippen LogP contribution in [-0.2, 0) is 5.75 Å². The number of fused-ring (bicyclic) bond motifs is 1. The molecule has 0 aliphatic heterocycles. The van der Waals surface area contributed by atoms with E-state index in [1.54, 1.807) is 6.07 Å². The van der Waals surface area contributed by atoms with E-state index in [1.165, 1.54) is 23.1 Å². The number of anilines is 1. The van der Waals surface area contributed by atoms with Crippen LogP contribution in [0, 0.1) is 6.92 Å². The molecule has 0 bridgehead atoms. The molecule has 8 heteroatoms. The van der Waals surface area contributed by atoms with Gasteiger partial charge in [0.15, 0.2) is 4.34 Å². The van der Waals surface area contributed by atoms with E-state index >= 15 is 0 Å². The highest BCUT2D eigenvalue weighted by Crippen LogP contribution is 2.28. The molecule has 0 unspecified atom stereocenters. The van der Waals surface area contributed by atoms with E-state index in [2.05, 4.69) is 39.3 Å². The third-order valence-corrected chi connectivity index (χ3v) is 5.71. The lowest BCUT2D eigenvalue weighted by Gasteiger charge is -2.07. The fraction of sp³-hybridized carbons (Fsp3) is 0.375. The summed E-state index contributed by atoms with van der Waals surface area (Å²) in [7, 11) is 0. The Morgan fingerprint density at radius 2 is 2.21 bits per heavy atom. The zero-order valence-electron chi connectivity index (χ0n) is 13.8. The van der Waals surface area contributed by atoms with Gasteiger partial charge in [0.25, 0.3) is 5.56 Å². The second-order valence-corrected chi connectivity index (χ2v) is 7.80. The molecule has 0 aliphatic carbocycles. The van der Waals surface area contributed by atoms with Gasteiger partial charge < -0.3 is 10.3 Å². The number of aromatic nitrogens is 4. The maximum Gasteiger partial charge on any atom is 0.258 e. The molecule has 1 aromatic carbocycles. The summed E-state index contributed by atoms with van der Waals surface area (Å²) in [6, 6.07) is 6.00. The minimum absolute atomic E-state index is 0.101. The second kappa shape index (κ2) is 7.31. The molecule has 0 saturated carbocycles. The van der Waals surface area contributed by atoms with Gasteiger partial charge in [-0.15, -0.1) is 10.2 Å². The van der Waals surface area contributed by atoms with Crippen molar-refractivity contribution in [2.75, 3.05) is 5.32 Å². The third-order valence-electron chi connectivity index (χ3n) is 3.71. The van der Waals surface area contributed by atoms with Crippen molar-refractivity contribution in [1.82, 2.24) is 20.2 Å². The van der Waals surface area contributed by atoms with Crippen molar-refractivity contribution in [2.24, 2.45) is 0 Å². The second-order valence-electron chi connectivity index (χ2n) is 5.60. The van der Waals surface area contributed by atoms with Crippen molar-refractivity contribution in [1.29, 1.82) is 0 Å². The lowest BCUT2D eigenvalue weighted by molar-refractivity contribution is 0.759. The molecule has 0 radical (unpaired) electrons. The van der Waals surface area contributed by atoms with Crippen molar-refractivity contribution in [2.45, 2.75) is 43.3 Å². The van der Waals surface area contributed by atoms with Gasteiger partial charge in [-0.25, -0.2) is 4.98 Å². The van der Waals surface area contributed by atoms with Gasteiger partial charge in [0.05, 0.1) is 16.7 Å². The number of H-pyrrole nitrogens is 1. The zero-order chi connectivity index (χ0) is 17.1. The lowest BCUT2D eigenvalue weighted by atomic mass is 10.1. The first kappa shape index (κ1) is 16.9. The Labute approximate surface area is 148 Å². The summed E-state index contributed by atoms with van der Waals surface area (Å²) in [4.78, 5) is 19.6. The number of rotatable bonds is 6. The largest absolute Gasteiger partial charge is 0.358 e. The number of hydrogen-bond acceptors (Lipinski definition) is 7. The van der Waals surface area contributed by atoms with E-state index < -0.39 is 0 Å². The van der Waals surface area contributed by atoms with E-state index in [0.717, 1.165) is 27.0 Å². The molecule has 24 heavy (non-hydrogen) atoms. The predicted molar refractivity (Wildman–Crippen MR) is 99.9 cm³/mol. The Morgan fingerprint density at radius 3 is 3.00 bits per heavy atom. The number of para-hydroxylation sites is 1. The Morgan fingerprint density at radius 1 is 1.38 bits per heavy atom. The van der Waals surface area contributed by atoms with Crippen LogP contribution in [-0.4, -0.2) is 26.2 Å². The van der Waals surface area contributed by atoms with Crippen molar-refractivity contribution >= 4 is 39.1 Å². The third kappa shape index (κ3) is 3.76. The molecule has 0 aliphatic rings. The summed E-state index contributed by atoms with van der Waals surface area (Å²) in [5.41, 5.74) is 1.66. The fourth-order valence-electron chi connectivity index (χ4n) is 2.19. The Bertz CT molecular complexity index is 905. The number of thioether (sulfide) groups is 1. The smallest absolute Gasteiger partial charge is 0.258 e. The molecule has 0 spiro atoms. The van der Waals surface area contributed by atoms with E-state index in [9.17, 15) is 4.79 Å². The predicted octanol–water partition coefficient (Wildman–Crippen LogP) is 3.59. The van der Waals surface area contributed by atoms with Gasteiger partial charge in [0.2, 0.25) is 5.13 Å². The maximum absolute atomic E-state index is 12.2. The highest BCUT2D eigenvalue weighted by atomic mass is 32.2. The molecule has 0 amide bonds. The topological polar surface area (TPSA) is 83.6 Å². The molecule has 126 valence electrons. The molecule has 0 fully saturated rings. The average Bonchev–Trinajstić information content (AvgIpc) is 3.01. The maximum atomic E-state index is 12.2. The number of nitrogens with zero attached hydrogens (tertiary/aromatic N) is 3. The van der Waals surface area contributed by atoms with Crippen LogP contribution in [0.3, 0.4) is 0 Å². The number of benzene rings is 1. The molecule has 2 heterocycles. The van der Waals surface area contributed by atoms with Gasteiger partial charge in [-0.2, -0.15) is 0 Å². The van der Waals surface area contributed by atoms with Crippen LogP contribution < -0.4 is 10.9 Å². The summed E-state index contributed by atoms with van der Waals surface area (Å²) in [6.07, 6.45) is 1.03. The first-order valence-electron chi connectivity index (χ1n) is 7.78. The molecule has 3 aromatic rings. The molecule has 3 rings (SSSR count). The zero-order valence-corrected chi connectivity index (χ0v) is 15.4. The minimum Gasteiger partial charge on any atom is -0.358 e. The summed E-state index contributed by atoms with van der Waals surface area (Å²) >= 11 is 3.04. The van der Waals surface area contributed by atoms with Crippen LogP contribution in [0.1, 0.15) is 31.7 Å².